The highest BCUT2D eigenvalue weighted by molar-refractivity contribution is 9.09. The second-order valence-electron chi connectivity index (χ2n) is 5.31. The number of carbonyl (C=O) groups is 1. The van der Waals surface area contributed by atoms with Crippen molar-refractivity contribution in [3.8, 4) is 5.75 Å². The van der Waals surface area contributed by atoms with Gasteiger partial charge in [0.1, 0.15) is 5.75 Å². The number of amides is 1. The molecule has 1 aromatic rings. The Morgan fingerprint density at radius 3 is 2.84 bits per heavy atom. The van der Waals surface area contributed by atoms with Crippen molar-refractivity contribution in [1.29, 1.82) is 0 Å². The van der Waals surface area contributed by atoms with Crippen LogP contribution in [0, 0.1) is 18.8 Å². The van der Waals surface area contributed by atoms with Crippen LogP contribution in [0.5, 0.6) is 5.75 Å². The van der Waals surface area contributed by atoms with E-state index in [1.807, 2.05) is 6.92 Å². The number of alkyl halides is 1. The van der Waals surface area contributed by atoms with Crippen molar-refractivity contribution in [2.45, 2.75) is 26.2 Å². The number of nitrogens with one attached hydrogen (secondary N) is 1. The summed E-state index contributed by atoms with van der Waals surface area (Å²) in [6.07, 6.45) is 3.71. The van der Waals surface area contributed by atoms with Crippen molar-refractivity contribution >= 4 is 21.8 Å². The highest BCUT2D eigenvalue weighted by Gasteiger charge is 2.26. The molecule has 19 heavy (non-hydrogen) atoms. The molecular weight excluding hydrogens is 306 g/mol. The molecule has 0 bridgehead atoms. The van der Waals surface area contributed by atoms with Crippen LogP contribution in [0.4, 0.5) is 0 Å². The van der Waals surface area contributed by atoms with Crippen molar-refractivity contribution in [2.75, 3.05) is 11.9 Å². The fourth-order valence-electron chi connectivity index (χ4n) is 2.81. The van der Waals surface area contributed by atoms with Crippen molar-refractivity contribution in [1.82, 2.24) is 5.32 Å². The molecule has 0 radical (unpaired) electrons. The van der Waals surface area contributed by atoms with E-state index in [0.29, 0.717) is 17.4 Å². The normalized spacial score (nSPS) is 22.4. The largest absolute Gasteiger partial charge is 0.508 e. The molecule has 104 valence electrons. The van der Waals surface area contributed by atoms with Crippen LogP contribution in [-0.4, -0.2) is 22.9 Å². The van der Waals surface area contributed by atoms with Gasteiger partial charge >= 0.3 is 0 Å². The molecular formula is C15H20BrNO2. The Morgan fingerprint density at radius 1 is 1.42 bits per heavy atom. The molecule has 2 rings (SSSR count). The molecule has 1 fully saturated rings. The summed E-state index contributed by atoms with van der Waals surface area (Å²) in [7, 11) is 0. The molecule has 2 unspecified atom stereocenters. The minimum absolute atomic E-state index is 0.0438. The first-order valence-electron chi connectivity index (χ1n) is 6.75. The van der Waals surface area contributed by atoms with Crippen LogP contribution in [0.1, 0.15) is 35.2 Å². The van der Waals surface area contributed by atoms with Crippen LogP contribution >= 0.6 is 15.9 Å². The minimum atomic E-state index is -0.0438. The van der Waals surface area contributed by atoms with Gasteiger partial charge in [-0.05, 0) is 55.4 Å². The number of benzene rings is 1. The lowest BCUT2D eigenvalue weighted by atomic mass is 9.98. The number of aromatic hydroxyl groups is 1. The van der Waals surface area contributed by atoms with Gasteiger partial charge in [-0.25, -0.2) is 0 Å². The number of halogens is 1. The van der Waals surface area contributed by atoms with Crippen molar-refractivity contribution in [3.05, 3.63) is 29.3 Å². The molecule has 1 aliphatic rings. The van der Waals surface area contributed by atoms with Crippen molar-refractivity contribution in [3.63, 3.8) is 0 Å². The van der Waals surface area contributed by atoms with Gasteiger partial charge in [-0.3, -0.25) is 4.79 Å². The van der Waals surface area contributed by atoms with Gasteiger partial charge in [0.25, 0.3) is 5.91 Å². The van der Waals surface area contributed by atoms with E-state index in [2.05, 4.69) is 21.2 Å². The molecule has 0 aliphatic heterocycles. The number of hydrogen-bond acceptors (Lipinski definition) is 2. The average molecular weight is 326 g/mol. The average Bonchev–Trinajstić information content (AvgIpc) is 2.83. The molecule has 1 saturated carbocycles. The van der Waals surface area contributed by atoms with E-state index in [0.717, 1.165) is 17.4 Å². The maximum Gasteiger partial charge on any atom is 0.251 e. The fraction of sp³-hybridized carbons (Fsp3) is 0.533. The Morgan fingerprint density at radius 2 is 2.16 bits per heavy atom. The van der Waals surface area contributed by atoms with Crippen LogP contribution in [0.25, 0.3) is 0 Å². The summed E-state index contributed by atoms with van der Waals surface area (Å²) in [4.78, 5) is 12.1. The summed E-state index contributed by atoms with van der Waals surface area (Å²) in [5.41, 5.74) is 1.45. The highest BCUT2D eigenvalue weighted by Crippen LogP contribution is 2.32. The van der Waals surface area contributed by atoms with E-state index in [9.17, 15) is 9.90 Å². The van der Waals surface area contributed by atoms with Gasteiger partial charge in [-0.15, -0.1) is 0 Å². The summed E-state index contributed by atoms with van der Waals surface area (Å²) in [5.74, 6) is 1.42. The Balaban J connectivity index is 1.94. The van der Waals surface area contributed by atoms with Gasteiger partial charge in [0.05, 0.1) is 0 Å². The maximum absolute atomic E-state index is 12.1. The molecule has 0 saturated heterocycles. The molecule has 2 N–H and O–H groups in total. The predicted molar refractivity (Wildman–Crippen MR) is 79.8 cm³/mol. The predicted octanol–water partition coefficient (Wildman–Crippen LogP) is 3.24. The molecule has 0 spiro atoms. The number of phenolic OH excluding ortho intramolecular Hbond substituents is 1. The van der Waals surface area contributed by atoms with E-state index in [1.165, 1.54) is 19.3 Å². The standard InChI is InChI=1S/C15H20BrNO2/c1-10-7-13(18)5-6-14(10)15(19)17-9-12-4-2-3-11(12)8-16/h5-7,11-12,18H,2-4,8-9H2,1H3,(H,17,19). The SMILES string of the molecule is Cc1cc(O)ccc1C(=O)NCC1CCCC1CBr. The molecule has 0 heterocycles. The number of hydrogen-bond donors (Lipinski definition) is 2. The third kappa shape index (κ3) is 3.50. The van der Waals surface area contributed by atoms with Crippen LogP contribution < -0.4 is 5.32 Å². The van der Waals surface area contributed by atoms with Gasteiger partial charge in [0.15, 0.2) is 0 Å². The van der Waals surface area contributed by atoms with Crippen molar-refractivity contribution in [2.24, 2.45) is 11.8 Å². The second-order valence-corrected chi connectivity index (χ2v) is 5.96. The number of carbonyl (C=O) groups excluding carboxylic acids is 1. The Labute approximate surface area is 122 Å². The molecule has 2 atom stereocenters. The molecule has 3 nitrogen and oxygen atoms in total. The van der Waals surface area contributed by atoms with E-state index >= 15 is 0 Å². The Hall–Kier alpha value is -1.03. The van der Waals surface area contributed by atoms with Gasteiger partial charge < -0.3 is 10.4 Å². The van der Waals surface area contributed by atoms with Gasteiger partial charge in [-0.2, -0.15) is 0 Å². The van der Waals surface area contributed by atoms with Crippen LogP contribution in [-0.2, 0) is 0 Å². The summed E-state index contributed by atoms with van der Waals surface area (Å²) in [6.45, 7) is 2.58. The molecule has 4 heteroatoms. The zero-order valence-electron chi connectivity index (χ0n) is 11.2. The lowest BCUT2D eigenvalue weighted by Gasteiger charge is -2.18. The summed E-state index contributed by atoms with van der Waals surface area (Å²) in [6, 6.07) is 4.85. The molecule has 0 aromatic heterocycles. The van der Waals surface area contributed by atoms with Gasteiger partial charge in [-0.1, -0.05) is 22.4 Å². The van der Waals surface area contributed by atoms with Crippen molar-refractivity contribution < 1.29 is 9.90 Å². The first kappa shape index (κ1) is 14.4. The number of aryl methyl sites for hydroxylation is 1. The summed E-state index contributed by atoms with van der Waals surface area (Å²) < 4.78 is 0. The van der Waals surface area contributed by atoms with Gasteiger partial charge in [0.2, 0.25) is 0 Å². The van der Waals surface area contributed by atoms with Gasteiger partial charge in [0, 0.05) is 17.4 Å². The smallest absolute Gasteiger partial charge is 0.251 e. The van der Waals surface area contributed by atoms with Crippen LogP contribution in [0.3, 0.4) is 0 Å². The third-order valence-electron chi connectivity index (χ3n) is 3.99. The lowest BCUT2D eigenvalue weighted by molar-refractivity contribution is 0.0944. The first-order valence-corrected chi connectivity index (χ1v) is 7.87. The van der Waals surface area contributed by atoms with Crippen LogP contribution in [0.2, 0.25) is 0 Å². The second kappa shape index (κ2) is 6.42. The van der Waals surface area contributed by atoms with E-state index in [-0.39, 0.29) is 11.7 Å². The fourth-order valence-corrected chi connectivity index (χ4v) is 3.66. The zero-order valence-corrected chi connectivity index (χ0v) is 12.7. The van der Waals surface area contributed by atoms with Crippen LogP contribution in [0.15, 0.2) is 18.2 Å². The third-order valence-corrected chi connectivity index (χ3v) is 4.83. The minimum Gasteiger partial charge on any atom is -0.508 e. The summed E-state index contributed by atoms with van der Waals surface area (Å²) in [5, 5.41) is 13.4. The Kier molecular flexibility index (Phi) is 4.86. The van der Waals surface area contributed by atoms with E-state index in [1.54, 1.807) is 18.2 Å². The highest BCUT2D eigenvalue weighted by atomic mass is 79.9. The Bertz CT molecular complexity index is 461. The lowest BCUT2D eigenvalue weighted by Crippen LogP contribution is -2.31. The molecule has 1 amide bonds. The summed E-state index contributed by atoms with van der Waals surface area (Å²) >= 11 is 3.55. The number of rotatable bonds is 4. The molecule has 1 aromatic carbocycles. The number of phenols is 1. The first-order chi connectivity index (χ1) is 9.11. The monoisotopic (exact) mass is 325 g/mol. The van der Waals surface area contributed by atoms with E-state index in [4.69, 9.17) is 0 Å². The molecule has 1 aliphatic carbocycles. The maximum atomic E-state index is 12.1. The van der Waals surface area contributed by atoms with E-state index < -0.39 is 0 Å². The quantitative estimate of drug-likeness (QED) is 0.835. The topological polar surface area (TPSA) is 49.3 Å². The zero-order chi connectivity index (χ0) is 13.8.